The van der Waals surface area contributed by atoms with Gasteiger partial charge in [-0.05, 0) is 220 Å². The summed E-state index contributed by atoms with van der Waals surface area (Å²) in [6, 6.07) is 88.5. The normalized spacial score (nSPS) is 18.0. The van der Waals surface area contributed by atoms with Gasteiger partial charge >= 0.3 is 0 Å². The molecule has 0 aliphatic carbocycles. The van der Waals surface area contributed by atoms with E-state index >= 15 is 0 Å². The van der Waals surface area contributed by atoms with Crippen molar-refractivity contribution in [2.75, 3.05) is 53.3 Å². The molecule has 138 heavy (non-hydrogen) atoms. The van der Waals surface area contributed by atoms with E-state index in [2.05, 4.69) is 450 Å². The van der Waals surface area contributed by atoms with Gasteiger partial charge in [-0.15, -0.1) is 4.58 Å². The molecule has 20 rings (SSSR count). The number of thiazole rings is 1. The second kappa shape index (κ2) is 40.4. The molecule has 7 aliphatic rings. The molecule has 19 heteroatoms. The first-order valence-electron chi connectivity index (χ1n) is 47.5. The van der Waals surface area contributed by atoms with Gasteiger partial charge in [-0.2, -0.15) is 22.4 Å². The van der Waals surface area contributed by atoms with Crippen LogP contribution in [0.25, 0.3) is 59.4 Å². The zero-order valence-electron chi connectivity index (χ0n) is 82.1. The molecular weight excluding hydrogens is 1800 g/mol. The summed E-state index contributed by atoms with van der Waals surface area (Å²) in [5.74, 6) is 0. The van der Waals surface area contributed by atoms with Gasteiger partial charge in [0.1, 0.15) is 41.9 Å². The van der Waals surface area contributed by atoms with Gasteiger partial charge in [0.25, 0.3) is 5.01 Å². The number of rotatable bonds is 18. The highest BCUT2D eigenvalue weighted by atomic mass is 35.5. The van der Waals surface area contributed by atoms with Crippen molar-refractivity contribution in [2.24, 2.45) is 0 Å². The number of benzene rings is 12. The number of anilines is 4. The molecule has 0 radical (unpaired) electrons. The average molecular weight is 1920 g/mol. The summed E-state index contributed by atoms with van der Waals surface area (Å²) in [7, 11) is 4.40. The fourth-order valence-corrected chi connectivity index (χ4v) is 24.4. The van der Waals surface area contributed by atoms with Gasteiger partial charge in [-0.1, -0.05) is 259 Å². The number of aromatic nitrogens is 1. The molecule has 12 aromatic carbocycles. The Hall–Kier alpha value is -12.1. The SMILES string of the molecule is CC1(C)C(/C=C/C=C2\N(C#CSOO[O-])c3ccc(Cl)cc3C2(C)C)=[N+](C#CSOO[O-])c2ccc3ccccc3c21.CCCC[n+]1c(/C=C/C=C2/Sc3c(ccc4ccccc34)N2CC)sc2ccccc21.CC[N+]1=C(C=CC=C2N(C)c3cc4ccccc4cc3C2(C)C)C(C)(C)c2cc(C)ccc21.CC[N+]1=C(C=CC=C2N(C)c3cc4ccccc4cc3C2(C)C)C(C)(C)c2ccccc21. The highest BCUT2D eigenvalue weighted by molar-refractivity contribution is 8.04. The molecule has 14 nitrogen and oxygen atoms in total. The number of hydrogen-bond acceptors (Lipinski definition) is 14. The van der Waals surface area contributed by atoms with Crippen molar-refractivity contribution in [2.45, 2.75) is 174 Å². The van der Waals surface area contributed by atoms with E-state index in [1.807, 2.05) is 87.2 Å². The number of halogens is 1. The summed E-state index contributed by atoms with van der Waals surface area (Å²) >= 11 is 11.3. The monoisotopic (exact) mass is 1920 g/mol. The van der Waals surface area contributed by atoms with Gasteiger partial charge in [0.15, 0.2) is 18.0 Å². The van der Waals surface area contributed by atoms with Crippen molar-refractivity contribution in [1.29, 1.82) is 0 Å². The van der Waals surface area contributed by atoms with Crippen molar-refractivity contribution in [3.8, 4) is 22.6 Å². The summed E-state index contributed by atoms with van der Waals surface area (Å²) in [6.45, 7) is 42.4. The second-order valence-electron chi connectivity index (χ2n) is 38.9. The maximum absolute atomic E-state index is 10.3. The zero-order valence-corrected chi connectivity index (χ0v) is 86.2. The Bertz CT molecular complexity index is 7520. The summed E-state index contributed by atoms with van der Waals surface area (Å²) in [4.78, 5) is 10.4. The van der Waals surface area contributed by atoms with Crippen molar-refractivity contribution < 1.29 is 47.6 Å². The minimum Gasteiger partial charge on any atom is -0.691 e. The van der Waals surface area contributed by atoms with E-state index in [0.717, 1.165) is 70.9 Å². The predicted molar refractivity (Wildman–Crippen MR) is 578 cm³/mol. The van der Waals surface area contributed by atoms with Crippen LogP contribution in [-0.2, 0) is 57.8 Å². The smallest absolute Gasteiger partial charge is 0.262 e. The van der Waals surface area contributed by atoms with E-state index in [-0.39, 0.29) is 21.7 Å². The first kappa shape index (κ1) is 97.6. The van der Waals surface area contributed by atoms with E-state index in [1.54, 1.807) is 0 Å². The summed E-state index contributed by atoms with van der Waals surface area (Å²) in [5.41, 5.74) is 25.1. The molecular formula is C119H119ClN8O6S4+2. The lowest BCUT2D eigenvalue weighted by Crippen LogP contribution is -2.34. The van der Waals surface area contributed by atoms with Crippen molar-refractivity contribution in [3.63, 3.8) is 0 Å². The topological polar surface area (TPSA) is 109 Å². The van der Waals surface area contributed by atoms with E-state index in [9.17, 15) is 10.5 Å². The third kappa shape index (κ3) is 18.3. The summed E-state index contributed by atoms with van der Waals surface area (Å²) in [5, 5.41) is 46.2. The van der Waals surface area contributed by atoms with Gasteiger partial charge in [0.05, 0.1) is 37.9 Å². The van der Waals surface area contributed by atoms with Crippen LogP contribution in [0.15, 0.2) is 324 Å². The van der Waals surface area contributed by atoms with Gasteiger partial charge in [0, 0.05) is 158 Å². The van der Waals surface area contributed by atoms with Crippen LogP contribution < -0.4 is 34.7 Å². The zero-order chi connectivity index (χ0) is 97.3. The number of aryl methyl sites for hydroxylation is 2. The van der Waals surface area contributed by atoms with Gasteiger partial charge < -0.3 is 25.2 Å². The van der Waals surface area contributed by atoms with E-state index in [0.29, 0.717) is 29.1 Å². The number of fused-ring (bicyclic) bond motifs is 14. The molecule has 13 aromatic rings. The predicted octanol–water partition coefficient (Wildman–Crippen LogP) is 27.8. The van der Waals surface area contributed by atoms with Crippen molar-refractivity contribution >= 4 is 175 Å². The van der Waals surface area contributed by atoms with Crippen molar-refractivity contribution in [1.82, 2.24) is 0 Å². The lowest BCUT2D eigenvalue weighted by molar-refractivity contribution is -0.777. The number of allylic oxidation sites excluding steroid dienone is 14. The molecule has 0 N–H and O–H groups in total. The Balaban J connectivity index is 0.000000128. The second-order valence-corrected chi connectivity index (χ2v) is 42.4. The van der Waals surface area contributed by atoms with Crippen LogP contribution in [0.5, 0.6) is 0 Å². The molecule has 700 valence electrons. The average Bonchev–Trinajstić information content (AvgIpc) is 1.57. The minimum atomic E-state index is -0.444. The molecule has 0 unspecified atom stereocenters. The molecule has 1 aromatic heterocycles. The number of para-hydroxylation sites is 2. The third-order valence-corrected chi connectivity index (χ3v) is 31.7. The largest absolute Gasteiger partial charge is 0.691 e. The first-order chi connectivity index (χ1) is 66.4. The molecule has 0 bridgehead atoms. The highest BCUT2D eigenvalue weighted by Gasteiger charge is 2.49. The van der Waals surface area contributed by atoms with E-state index in [1.165, 1.54) is 149 Å². The van der Waals surface area contributed by atoms with Crippen LogP contribution in [0.1, 0.15) is 168 Å². The van der Waals surface area contributed by atoms with Crippen LogP contribution >= 0.6 is 58.8 Å². The number of thioether (sulfide) groups is 1. The molecule has 0 saturated heterocycles. The molecule has 0 saturated carbocycles. The van der Waals surface area contributed by atoms with Gasteiger partial charge in [0.2, 0.25) is 34.3 Å². The Morgan fingerprint density at radius 1 is 0.442 bits per heavy atom. The number of nitrogens with zero attached hydrogens (tertiary/aromatic N) is 8. The lowest BCUT2D eigenvalue weighted by atomic mass is 9.79. The molecule has 0 spiro atoms. The van der Waals surface area contributed by atoms with E-state index < -0.39 is 10.8 Å². The molecule has 7 aliphatic heterocycles. The maximum Gasteiger partial charge on any atom is 0.262 e. The van der Waals surface area contributed by atoms with Gasteiger partial charge in [-0.25, -0.2) is 0 Å². The fraction of sp³-hybridized carbons (Fsp3) is 0.261. The fourth-order valence-electron chi connectivity index (χ4n) is 21.4. The quantitative estimate of drug-likeness (QED) is 0.0203. The Morgan fingerprint density at radius 2 is 0.935 bits per heavy atom. The third-order valence-electron chi connectivity index (χ3n) is 28.5. The Kier molecular flexibility index (Phi) is 28.6. The number of hydrogen-bond donors (Lipinski definition) is 0. The molecule has 8 heterocycles. The number of likely N-dealkylation sites (N-methyl/N-ethyl adjacent to an activating group) is 2. The summed E-state index contributed by atoms with van der Waals surface area (Å²) in [6.07, 6.45) is 29.0. The first-order valence-corrected chi connectivity index (χ1v) is 51.0. The molecule has 0 amide bonds. The lowest BCUT2D eigenvalue weighted by Gasteiger charge is -2.23. The van der Waals surface area contributed by atoms with Crippen LogP contribution in [0.2, 0.25) is 5.02 Å². The molecule has 0 atom stereocenters. The summed E-state index contributed by atoms with van der Waals surface area (Å²) < 4.78 is 19.4. The standard InChI is InChI=1S/C31H25ClN2O6S2.C31H35N2.C30H33N2.C27H27N2S2/c1-30(2)24-20-22(32)13-15-25(24)33(16-18-41-39-37-35)27(30)10-7-11-28-31(3,4)29-23-9-6-5-8-21(23)12-14-26(29)34(28)17-19-42-40-38-36;1-8-33-26-17-16-21(2)18-24(26)31(5,6)29(33)15-11-14-28-30(3,4)25-19-22-12-9-10-13-23(22)20-27(25)32(28)7;1-7-32-25-16-11-10-15-23(25)29(2,3)28(32)18-12-17-27-30(4,5)24-19-21-13-8-9-14-22(21)20-26(24)31(27)6;1-3-5-19-29-22-13-8-9-14-24(22)30-26(29)16-10-15-25-28(4-2)23-18-17-20-11-6-7-12-21(20)27(23)31-25/h5-15,20H,1-4H3,(H-,35,36);9-20H,8H2,1-7H3;8-20H,7H2,1-6H3;6-18H,3-5,19H2,1-2H3/q;3*+1/p-1. The Morgan fingerprint density at radius 3 is 1.54 bits per heavy atom. The molecule has 0 fully saturated rings. The van der Waals surface area contributed by atoms with Crippen LogP contribution in [0.3, 0.4) is 0 Å². The van der Waals surface area contributed by atoms with Crippen LogP contribution in [0.4, 0.5) is 39.8 Å². The van der Waals surface area contributed by atoms with Gasteiger partial charge in [-0.3, -0.25) is 15.0 Å². The van der Waals surface area contributed by atoms with Crippen molar-refractivity contribution in [3.05, 3.63) is 368 Å². The van der Waals surface area contributed by atoms with E-state index in [4.69, 9.17) is 11.6 Å². The Labute approximate surface area is 835 Å². The van der Waals surface area contributed by atoms with Crippen LogP contribution in [-0.4, -0.2) is 64.6 Å². The number of unbranched alkanes of at least 4 members (excludes halogenated alkanes) is 1. The highest BCUT2D eigenvalue weighted by Crippen LogP contribution is 2.55. The minimum absolute atomic E-state index is 0.000602. The maximum atomic E-state index is 10.3. The van der Waals surface area contributed by atoms with Crippen LogP contribution in [0, 0.1) is 29.5 Å².